The van der Waals surface area contributed by atoms with E-state index in [-0.39, 0.29) is 6.04 Å². The lowest BCUT2D eigenvalue weighted by Crippen LogP contribution is -2.24. The first-order valence-corrected chi connectivity index (χ1v) is 8.33. The van der Waals surface area contributed by atoms with Crippen LogP contribution in [0, 0.1) is 6.92 Å². The maximum Gasteiger partial charge on any atom is 0.0898 e. The van der Waals surface area contributed by atoms with E-state index in [0.29, 0.717) is 10.0 Å². The molecule has 0 saturated heterocycles. The quantitative estimate of drug-likeness (QED) is 0.803. The molecule has 0 spiro atoms. The molecule has 0 fully saturated rings. The second-order valence-electron chi connectivity index (χ2n) is 4.70. The van der Waals surface area contributed by atoms with Crippen molar-refractivity contribution >= 4 is 34.5 Å². The van der Waals surface area contributed by atoms with Crippen LogP contribution in [-0.2, 0) is 6.42 Å². The van der Waals surface area contributed by atoms with Gasteiger partial charge in [0.1, 0.15) is 0 Å². The summed E-state index contributed by atoms with van der Waals surface area (Å²) in [7, 11) is 0. The minimum atomic E-state index is 0.150. The average molecular weight is 329 g/mol. The third-order valence-electron chi connectivity index (χ3n) is 3.10. The first kappa shape index (κ1) is 15.8. The number of hydrogen-bond acceptors (Lipinski definition) is 3. The molecule has 2 nitrogen and oxygen atoms in total. The van der Waals surface area contributed by atoms with Crippen LogP contribution < -0.4 is 5.32 Å². The lowest BCUT2D eigenvalue weighted by molar-refractivity contribution is 0.519. The molecule has 1 atom stereocenters. The van der Waals surface area contributed by atoms with E-state index in [2.05, 4.69) is 22.6 Å². The van der Waals surface area contributed by atoms with Crippen LogP contribution in [0.1, 0.15) is 35.7 Å². The van der Waals surface area contributed by atoms with Gasteiger partial charge in [0.15, 0.2) is 0 Å². The van der Waals surface area contributed by atoms with Gasteiger partial charge in [0.2, 0.25) is 0 Å². The highest BCUT2D eigenvalue weighted by atomic mass is 35.5. The number of hydrogen-bond donors (Lipinski definition) is 1. The van der Waals surface area contributed by atoms with Gasteiger partial charge in [0, 0.05) is 15.4 Å². The fourth-order valence-electron chi connectivity index (χ4n) is 2.07. The molecular weight excluding hydrogens is 311 g/mol. The predicted octanol–water partition coefficient (Wildman–Crippen LogP) is 5.04. The monoisotopic (exact) mass is 328 g/mol. The highest BCUT2D eigenvalue weighted by Crippen LogP contribution is 2.29. The highest BCUT2D eigenvalue weighted by Gasteiger charge is 2.17. The zero-order valence-corrected chi connectivity index (χ0v) is 13.9. The SMILES string of the molecule is CCCNC(Cc1c(Cl)cccc1Cl)c1csc(C)n1. The van der Waals surface area contributed by atoms with Crippen molar-refractivity contribution in [3.63, 3.8) is 0 Å². The van der Waals surface area contributed by atoms with Crippen LogP contribution in [0.3, 0.4) is 0 Å². The van der Waals surface area contributed by atoms with E-state index >= 15 is 0 Å². The van der Waals surface area contributed by atoms with Crippen molar-refractivity contribution in [2.24, 2.45) is 0 Å². The largest absolute Gasteiger partial charge is 0.308 e. The Kier molecular flexibility index (Phi) is 5.85. The summed E-state index contributed by atoms with van der Waals surface area (Å²) in [5.74, 6) is 0. The molecule has 1 N–H and O–H groups in total. The van der Waals surface area contributed by atoms with Crippen molar-refractivity contribution < 1.29 is 0 Å². The first-order chi connectivity index (χ1) is 9.61. The van der Waals surface area contributed by atoms with Gasteiger partial charge in [-0.15, -0.1) is 11.3 Å². The average Bonchev–Trinajstić information content (AvgIpc) is 2.84. The summed E-state index contributed by atoms with van der Waals surface area (Å²) in [6.45, 7) is 5.12. The Labute approximate surface area is 134 Å². The van der Waals surface area contributed by atoms with Gasteiger partial charge in [-0.25, -0.2) is 4.98 Å². The summed E-state index contributed by atoms with van der Waals surface area (Å²) in [6.07, 6.45) is 1.83. The standard InChI is InChI=1S/C15H18Cl2N2S/c1-3-7-18-14(15-9-20-10(2)19-15)8-11-12(16)5-4-6-13(11)17/h4-6,9,14,18H,3,7-8H2,1-2H3. The normalized spacial score (nSPS) is 12.6. The Balaban J connectivity index is 2.23. The van der Waals surface area contributed by atoms with Crippen LogP contribution in [0.25, 0.3) is 0 Å². The summed E-state index contributed by atoms with van der Waals surface area (Å²) in [6, 6.07) is 5.78. The van der Waals surface area contributed by atoms with Crippen LogP contribution in [0.2, 0.25) is 10.0 Å². The molecule has 0 aliphatic heterocycles. The molecule has 0 amide bonds. The maximum atomic E-state index is 6.27. The van der Waals surface area contributed by atoms with Crippen molar-refractivity contribution in [3.8, 4) is 0 Å². The van der Waals surface area contributed by atoms with E-state index in [9.17, 15) is 0 Å². The van der Waals surface area contributed by atoms with E-state index in [1.807, 2.05) is 25.1 Å². The molecule has 0 saturated carbocycles. The van der Waals surface area contributed by atoms with E-state index in [1.165, 1.54) is 0 Å². The molecule has 1 aromatic carbocycles. The Bertz CT molecular complexity index is 549. The summed E-state index contributed by atoms with van der Waals surface area (Å²) >= 11 is 14.2. The molecule has 0 radical (unpaired) electrons. The molecule has 1 aromatic heterocycles. The fraction of sp³-hybridized carbons (Fsp3) is 0.400. The molecule has 5 heteroatoms. The van der Waals surface area contributed by atoms with Crippen LogP contribution in [0.4, 0.5) is 0 Å². The van der Waals surface area contributed by atoms with E-state index in [4.69, 9.17) is 23.2 Å². The molecule has 1 unspecified atom stereocenters. The number of rotatable bonds is 6. The van der Waals surface area contributed by atoms with E-state index in [0.717, 1.165) is 35.7 Å². The number of thiazole rings is 1. The van der Waals surface area contributed by atoms with Crippen molar-refractivity contribution in [2.75, 3.05) is 6.54 Å². The zero-order valence-electron chi connectivity index (χ0n) is 11.6. The third kappa shape index (κ3) is 3.95. The predicted molar refractivity (Wildman–Crippen MR) is 88.1 cm³/mol. The summed E-state index contributed by atoms with van der Waals surface area (Å²) in [5, 5.41) is 8.14. The van der Waals surface area contributed by atoms with Gasteiger partial charge in [0.05, 0.1) is 16.7 Å². The van der Waals surface area contributed by atoms with Crippen LogP contribution >= 0.6 is 34.5 Å². The topological polar surface area (TPSA) is 24.9 Å². The molecule has 108 valence electrons. The molecule has 0 bridgehead atoms. The Morgan fingerprint density at radius 2 is 2.00 bits per heavy atom. The number of benzene rings is 1. The van der Waals surface area contributed by atoms with E-state index < -0.39 is 0 Å². The molecule has 1 heterocycles. The second-order valence-corrected chi connectivity index (χ2v) is 6.58. The zero-order chi connectivity index (χ0) is 14.5. The summed E-state index contributed by atoms with van der Waals surface area (Å²) in [5.41, 5.74) is 2.05. The molecule has 0 aliphatic carbocycles. The number of nitrogens with zero attached hydrogens (tertiary/aromatic N) is 1. The minimum absolute atomic E-state index is 0.150. The molecule has 2 aromatic rings. The minimum Gasteiger partial charge on any atom is -0.308 e. The van der Waals surface area contributed by atoms with Crippen LogP contribution in [0.15, 0.2) is 23.6 Å². The molecule has 0 aliphatic rings. The van der Waals surface area contributed by atoms with Gasteiger partial charge < -0.3 is 5.32 Å². The number of halogens is 2. The first-order valence-electron chi connectivity index (χ1n) is 6.70. The van der Waals surface area contributed by atoms with Gasteiger partial charge in [-0.3, -0.25) is 0 Å². The van der Waals surface area contributed by atoms with Gasteiger partial charge in [-0.05, 0) is 44.0 Å². The number of aryl methyl sites for hydroxylation is 1. The molecule has 2 rings (SSSR count). The second kappa shape index (κ2) is 7.41. The van der Waals surface area contributed by atoms with Crippen LogP contribution in [0.5, 0.6) is 0 Å². The molecule has 20 heavy (non-hydrogen) atoms. The fourth-order valence-corrected chi connectivity index (χ4v) is 3.29. The Hall–Kier alpha value is -0.610. The lowest BCUT2D eigenvalue weighted by atomic mass is 10.0. The number of nitrogens with one attached hydrogen (secondary N) is 1. The van der Waals surface area contributed by atoms with Crippen molar-refractivity contribution in [1.29, 1.82) is 0 Å². The Morgan fingerprint density at radius 1 is 1.30 bits per heavy atom. The van der Waals surface area contributed by atoms with Gasteiger partial charge in [-0.1, -0.05) is 36.2 Å². The van der Waals surface area contributed by atoms with E-state index in [1.54, 1.807) is 11.3 Å². The van der Waals surface area contributed by atoms with Crippen molar-refractivity contribution in [3.05, 3.63) is 49.9 Å². The highest BCUT2D eigenvalue weighted by molar-refractivity contribution is 7.09. The smallest absolute Gasteiger partial charge is 0.0898 e. The Morgan fingerprint density at radius 3 is 2.55 bits per heavy atom. The maximum absolute atomic E-state index is 6.27. The van der Waals surface area contributed by atoms with Gasteiger partial charge >= 0.3 is 0 Å². The van der Waals surface area contributed by atoms with Gasteiger partial charge in [0.25, 0.3) is 0 Å². The lowest BCUT2D eigenvalue weighted by Gasteiger charge is -2.18. The van der Waals surface area contributed by atoms with Crippen molar-refractivity contribution in [1.82, 2.24) is 10.3 Å². The number of aromatic nitrogens is 1. The van der Waals surface area contributed by atoms with Crippen LogP contribution in [-0.4, -0.2) is 11.5 Å². The summed E-state index contributed by atoms with van der Waals surface area (Å²) in [4.78, 5) is 4.59. The van der Waals surface area contributed by atoms with Crippen molar-refractivity contribution in [2.45, 2.75) is 32.7 Å². The summed E-state index contributed by atoms with van der Waals surface area (Å²) < 4.78 is 0. The molecular formula is C15H18Cl2N2S. The third-order valence-corrected chi connectivity index (χ3v) is 4.60. The van der Waals surface area contributed by atoms with Gasteiger partial charge in [-0.2, -0.15) is 0 Å².